The summed E-state index contributed by atoms with van der Waals surface area (Å²) in [5.74, 6) is -5.78. The first-order chi connectivity index (χ1) is 12.3. The van der Waals surface area contributed by atoms with Gasteiger partial charge in [0.05, 0.1) is 23.9 Å². The van der Waals surface area contributed by atoms with Crippen LogP contribution in [-0.2, 0) is 16.0 Å². The van der Waals surface area contributed by atoms with Crippen LogP contribution in [0.5, 0.6) is 0 Å². The molecule has 0 saturated carbocycles. The minimum absolute atomic E-state index is 0.118. The van der Waals surface area contributed by atoms with Crippen LogP contribution >= 0.6 is 0 Å². The second kappa shape index (κ2) is 6.73. The lowest BCUT2D eigenvalue weighted by Gasteiger charge is -2.18. The maximum atomic E-state index is 13.0. The summed E-state index contributed by atoms with van der Waals surface area (Å²) in [6, 6.07) is 6.62. The van der Waals surface area contributed by atoms with Crippen molar-refractivity contribution >= 4 is 11.9 Å². The molecule has 26 heavy (non-hydrogen) atoms. The number of carbonyl (C=O) groups excluding carboxylic acids is 1. The number of halogens is 3. The quantitative estimate of drug-likeness (QED) is 0.860. The standard InChI is InChI=1S/C15H14F3N5O3/c16-15(17,18)12-7-22(6-11(12)14(25)26)13(24)5-9-1-3-10(4-2-9)23-8-19-20-21-23/h1-4,8,11-12H,5-7H2,(H,25,26)/t11-,12-/m1/s1. The summed E-state index contributed by atoms with van der Waals surface area (Å²) in [6.45, 7) is -1.08. The highest BCUT2D eigenvalue weighted by atomic mass is 19.4. The summed E-state index contributed by atoms with van der Waals surface area (Å²) < 4.78 is 40.4. The molecule has 1 aromatic carbocycles. The number of carbonyl (C=O) groups is 2. The van der Waals surface area contributed by atoms with E-state index in [-0.39, 0.29) is 6.42 Å². The van der Waals surface area contributed by atoms with Gasteiger partial charge in [0.1, 0.15) is 6.33 Å². The number of alkyl halides is 3. The highest BCUT2D eigenvalue weighted by molar-refractivity contribution is 5.81. The predicted octanol–water partition coefficient (Wildman–Crippen LogP) is 0.926. The fraction of sp³-hybridized carbons (Fsp3) is 0.400. The summed E-state index contributed by atoms with van der Waals surface area (Å²) in [7, 11) is 0. The molecule has 138 valence electrons. The number of carboxylic acids is 1. The van der Waals surface area contributed by atoms with Crippen molar-refractivity contribution in [2.75, 3.05) is 13.1 Å². The third-order valence-corrected chi connectivity index (χ3v) is 4.32. The Balaban J connectivity index is 1.67. The molecule has 0 bridgehead atoms. The van der Waals surface area contributed by atoms with E-state index in [2.05, 4.69) is 15.5 Å². The van der Waals surface area contributed by atoms with E-state index in [1.165, 1.54) is 11.0 Å². The van der Waals surface area contributed by atoms with E-state index in [0.29, 0.717) is 11.3 Å². The van der Waals surface area contributed by atoms with Crippen molar-refractivity contribution in [3.63, 3.8) is 0 Å². The Bertz CT molecular complexity index is 792. The zero-order chi connectivity index (χ0) is 18.9. The first-order valence-electron chi connectivity index (χ1n) is 7.65. The van der Waals surface area contributed by atoms with Crippen molar-refractivity contribution in [3.05, 3.63) is 36.2 Å². The third-order valence-electron chi connectivity index (χ3n) is 4.32. The van der Waals surface area contributed by atoms with Crippen LogP contribution in [0.25, 0.3) is 5.69 Å². The van der Waals surface area contributed by atoms with Crippen LogP contribution in [0.2, 0.25) is 0 Å². The number of likely N-dealkylation sites (tertiary alicyclic amines) is 1. The molecule has 3 rings (SSSR count). The Morgan fingerprint density at radius 1 is 1.19 bits per heavy atom. The fourth-order valence-corrected chi connectivity index (χ4v) is 2.92. The van der Waals surface area contributed by atoms with E-state index in [1.807, 2.05) is 0 Å². The van der Waals surface area contributed by atoms with E-state index in [1.54, 1.807) is 24.3 Å². The lowest BCUT2D eigenvalue weighted by atomic mass is 9.96. The van der Waals surface area contributed by atoms with Gasteiger partial charge in [0.2, 0.25) is 5.91 Å². The molecular formula is C15H14F3N5O3. The second-order valence-electron chi connectivity index (χ2n) is 5.99. The van der Waals surface area contributed by atoms with Gasteiger partial charge in [-0.05, 0) is 28.1 Å². The molecule has 0 radical (unpaired) electrons. The molecule has 1 aliphatic rings. The Morgan fingerprint density at radius 3 is 2.38 bits per heavy atom. The van der Waals surface area contributed by atoms with E-state index < -0.39 is 43.0 Å². The van der Waals surface area contributed by atoms with Crippen LogP contribution in [0.15, 0.2) is 30.6 Å². The van der Waals surface area contributed by atoms with Crippen LogP contribution < -0.4 is 0 Å². The molecule has 2 aromatic rings. The predicted molar refractivity (Wildman–Crippen MR) is 80.1 cm³/mol. The number of rotatable bonds is 4. The average molecular weight is 369 g/mol. The Labute approximate surface area is 145 Å². The molecule has 1 fully saturated rings. The maximum Gasteiger partial charge on any atom is 0.394 e. The molecule has 0 aliphatic carbocycles. The lowest BCUT2D eigenvalue weighted by Crippen LogP contribution is -2.34. The Hall–Kier alpha value is -2.98. The number of hydrogen-bond acceptors (Lipinski definition) is 5. The van der Waals surface area contributed by atoms with Crippen molar-refractivity contribution in [3.8, 4) is 5.69 Å². The van der Waals surface area contributed by atoms with Crippen LogP contribution in [0.1, 0.15) is 5.56 Å². The van der Waals surface area contributed by atoms with Crippen LogP contribution in [0.4, 0.5) is 13.2 Å². The van der Waals surface area contributed by atoms with Gasteiger partial charge in [-0.15, -0.1) is 5.10 Å². The van der Waals surface area contributed by atoms with Gasteiger partial charge in [-0.1, -0.05) is 12.1 Å². The number of amides is 1. The van der Waals surface area contributed by atoms with E-state index in [4.69, 9.17) is 5.11 Å². The smallest absolute Gasteiger partial charge is 0.394 e. The number of benzene rings is 1. The summed E-state index contributed by atoms with van der Waals surface area (Å²) in [4.78, 5) is 24.3. The summed E-state index contributed by atoms with van der Waals surface area (Å²) in [5.41, 5.74) is 1.25. The zero-order valence-corrected chi connectivity index (χ0v) is 13.3. The van der Waals surface area contributed by atoms with Crippen molar-refractivity contribution < 1.29 is 27.9 Å². The molecule has 1 saturated heterocycles. The van der Waals surface area contributed by atoms with E-state index in [0.717, 1.165) is 4.90 Å². The molecule has 2 heterocycles. The normalized spacial score (nSPS) is 20.3. The molecule has 1 N–H and O–H groups in total. The van der Waals surface area contributed by atoms with Crippen molar-refractivity contribution in [2.24, 2.45) is 11.8 Å². The zero-order valence-electron chi connectivity index (χ0n) is 13.3. The lowest BCUT2D eigenvalue weighted by molar-refractivity contribution is -0.188. The number of nitrogens with zero attached hydrogens (tertiary/aromatic N) is 5. The van der Waals surface area contributed by atoms with Gasteiger partial charge in [-0.25, -0.2) is 4.68 Å². The number of aromatic nitrogens is 4. The van der Waals surface area contributed by atoms with Gasteiger partial charge in [-0.3, -0.25) is 9.59 Å². The topological polar surface area (TPSA) is 101 Å². The second-order valence-corrected chi connectivity index (χ2v) is 5.99. The SMILES string of the molecule is O=C(O)[C@@H]1CN(C(=O)Cc2ccc(-n3cnnn3)cc2)C[C@H]1C(F)(F)F. The molecule has 11 heteroatoms. The minimum Gasteiger partial charge on any atom is -0.481 e. The highest BCUT2D eigenvalue weighted by Gasteiger charge is 2.53. The van der Waals surface area contributed by atoms with Crippen molar-refractivity contribution in [1.29, 1.82) is 0 Å². The number of carboxylic acid groups (broad SMARTS) is 1. The summed E-state index contributed by atoms with van der Waals surface area (Å²) in [6.07, 6.45) is -3.38. The minimum atomic E-state index is -4.66. The molecule has 0 spiro atoms. The largest absolute Gasteiger partial charge is 0.481 e. The fourth-order valence-electron chi connectivity index (χ4n) is 2.92. The summed E-state index contributed by atoms with van der Waals surface area (Å²) >= 11 is 0. The van der Waals surface area contributed by atoms with Crippen LogP contribution in [0.3, 0.4) is 0 Å². The van der Waals surface area contributed by atoms with E-state index in [9.17, 15) is 22.8 Å². The first kappa shape index (κ1) is 17.8. The molecule has 1 amide bonds. The molecule has 0 unspecified atom stereocenters. The number of tetrazole rings is 1. The van der Waals surface area contributed by atoms with Gasteiger partial charge in [0.15, 0.2) is 0 Å². The van der Waals surface area contributed by atoms with Crippen LogP contribution in [0, 0.1) is 11.8 Å². The van der Waals surface area contributed by atoms with Gasteiger partial charge >= 0.3 is 12.1 Å². The molecule has 1 aromatic heterocycles. The molecular weight excluding hydrogens is 355 g/mol. The monoisotopic (exact) mass is 369 g/mol. The van der Waals surface area contributed by atoms with Gasteiger partial charge < -0.3 is 10.0 Å². The average Bonchev–Trinajstić information content (AvgIpc) is 3.25. The molecule has 2 atom stereocenters. The van der Waals surface area contributed by atoms with Gasteiger partial charge in [-0.2, -0.15) is 13.2 Å². The highest BCUT2D eigenvalue weighted by Crippen LogP contribution is 2.37. The Kier molecular flexibility index (Phi) is 4.62. The first-order valence-corrected chi connectivity index (χ1v) is 7.65. The molecule has 8 nitrogen and oxygen atoms in total. The number of aliphatic carboxylic acids is 1. The van der Waals surface area contributed by atoms with Gasteiger partial charge in [0, 0.05) is 13.1 Å². The van der Waals surface area contributed by atoms with Gasteiger partial charge in [0.25, 0.3) is 0 Å². The van der Waals surface area contributed by atoms with Crippen molar-refractivity contribution in [1.82, 2.24) is 25.1 Å². The third kappa shape index (κ3) is 3.65. The maximum absolute atomic E-state index is 13.0. The number of hydrogen-bond donors (Lipinski definition) is 1. The van der Waals surface area contributed by atoms with Crippen molar-refractivity contribution in [2.45, 2.75) is 12.6 Å². The van der Waals surface area contributed by atoms with E-state index >= 15 is 0 Å². The molecule has 1 aliphatic heterocycles. The van der Waals surface area contributed by atoms with Crippen LogP contribution in [-0.4, -0.2) is 61.4 Å². The summed E-state index contributed by atoms with van der Waals surface area (Å²) in [5, 5.41) is 19.7. The Morgan fingerprint density at radius 2 is 1.88 bits per heavy atom.